The Kier molecular flexibility index (Phi) is 5.32. The van der Waals surface area contributed by atoms with Crippen LogP contribution < -0.4 is 11.5 Å². The van der Waals surface area contributed by atoms with E-state index in [4.69, 9.17) is 31.1 Å². The number of nitrogen functional groups attached to an aromatic ring is 2. The predicted octanol–water partition coefficient (Wildman–Crippen LogP) is 2.93. The van der Waals surface area contributed by atoms with E-state index in [0.717, 1.165) is 5.56 Å². The van der Waals surface area contributed by atoms with Crippen LogP contribution in [0.25, 0.3) is 11.5 Å². The summed E-state index contributed by atoms with van der Waals surface area (Å²) in [7, 11) is 0. The van der Waals surface area contributed by atoms with Crippen LogP contribution in [0, 0.1) is 22.7 Å². The third kappa shape index (κ3) is 4.10. The van der Waals surface area contributed by atoms with Crippen LogP contribution in [0.2, 0.25) is 0 Å². The maximum atomic E-state index is 7.35. The first-order valence-corrected chi connectivity index (χ1v) is 7.04. The lowest BCUT2D eigenvalue weighted by atomic mass is 10.1. The molecular formula is C18H15ClN4O2. The molecule has 126 valence electrons. The van der Waals surface area contributed by atoms with Gasteiger partial charge in [-0.25, -0.2) is 0 Å². The fraction of sp³-hybridized carbons (Fsp3) is 0. The van der Waals surface area contributed by atoms with Gasteiger partial charge in [-0.05, 0) is 42.3 Å². The van der Waals surface area contributed by atoms with Crippen molar-refractivity contribution in [2.24, 2.45) is 11.5 Å². The number of nitrogens with one attached hydrogen (secondary N) is 2. The monoisotopic (exact) mass is 354 g/mol. The van der Waals surface area contributed by atoms with Crippen LogP contribution >= 0.6 is 12.4 Å². The van der Waals surface area contributed by atoms with Crippen molar-refractivity contribution in [2.75, 3.05) is 0 Å². The Bertz CT molecular complexity index is 974. The third-order valence-corrected chi connectivity index (χ3v) is 3.25. The first-order valence-electron chi connectivity index (χ1n) is 7.04. The molecule has 3 aromatic rings. The Morgan fingerprint density at radius 3 is 2.00 bits per heavy atom. The summed E-state index contributed by atoms with van der Waals surface area (Å²) < 4.78 is 11.0. The average molecular weight is 355 g/mol. The highest BCUT2D eigenvalue weighted by Crippen LogP contribution is 2.24. The number of furan rings is 2. The third-order valence-electron chi connectivity index (χ3n) is 3.25. The number of hydrogen-bond donors (Lipinski definition) is 4. The van der Waals surface area contributed by atoms with E-state index in [1.807, 2.05) is 0 Å². The van der Waals surface area contributed by atoms with Gasteiger partial charge in [0.25, 0.3) is 0 Å². The predicted molar refractivity (Wildman–Crippen MR) is 98.1 cm³/mol. The lowest BCUT2D eigenvalue weighted by Gasteiger charge is -1.96. The smallest absolute Gasteiger partial charge is 0.178 e. The van der Waals surface area contributed by atoms with E-state index in [-0.39, 0.29) is 24.1 Å². The Balaban J connectivity index is 0.00000225. The molecule has 1 aromatic carbocycles. The minimum absolute atomic E-state index is 0. The highest BCUT2D eigenvalue weighted by atomic mass is 35.5. The van der Waals surface area contributed by atoms with Crippen molar-refractivity contribution in [1.82, 2.24) is 0 Å². The second-order valence-corrected chi connectivity index (χ2v) is 4.98. The molecule has 0 aliphatic rings. The van der Waals surface area contributed by atoms with Gasteiger partial charge in [-0.3, -0.25) is 10.8 Å². The molecule has 0 bridgehead atoms. The Morgan fingerprint density at radius 1 is 0.760 bits per heavy atom. The molecule has 25 heavy (non-hydrogen) atoms. The van der Waals surface area contributed by atoms with Crippen molar-refractivity contribution in [2.45, 2.75) is 0 Å². The standard InChI is InChI=1S/C18H14N4O2.ClH/c19-17(20)12-4-1-11(2-5-12)3-6-13-7-8-14(23-13)15-9-10-16(24-15)18(21)22;/h1-2,4-5,7-10H,(H3,19,20)(H3,21,22);1H. The van der Waals surface area contributed by atoms with Crippen molar-refractivity contribution in [1.29, 1.82) is 10.8 Å². The number of rotatable bonds is 3. The molecule has 0 spiro atoms. The molecule has 0 aliphatic heterocycles. The minimum atomic E-state index is -0.137. The normalized spacial score (nSPS) is 9.60. The maximum absolute atomic E-state index is 7.35. The van der Waals surface area contributed by atoms with E-state index in [1.54, 1.807) is 48.5 Å². The summed E-state index contributed by atoms with van der Waals surface area (Å²) in [6, 6.07) is 13.8. The summed E-state index contributed by atoms with van der Waals surface area (Å²) >= 11 is 0. The van der Waals surface area contributed by atoms with Crippen molar-refractivity contribution >= 4 is 24.1 Å². The largest absolute Gasteiger partial charge is 0.450 e. The van der Waals surface area contributed by atoms with Crippen LogP contribution in [0.1, 0.15) is 22.6 Å². The molecule has 0 saturated carbocycles. The Hall–Kier alpha value is -3.43. The van der Waals surface area contributed by atoms with E-state index in [2.05, 4.69) is 11.8 Å². The van der Waals surface area contributed by atoms with Gasteiger partial charge in [0.1, 0.15) is 5.84 Å². The summed E-state index contributed by atoms with van der Waals surface area (Å²) in [5, 5.41) is 14.7. The van der Waals surface area contributed by atoms with Crippen molar-refractivity contribution in [3.8, 4) is 23.4 Å². The van der Waals surface area contributed by atoms with E-state index >= 15 is 0 Å². The molecule has 7 heteroatoms. The molecule has 2 aromatic heterocycles. The Labute approximate surface area is 150 Å². The number of amidine groups is 2. The number of halogens is 1. The van der Waals surface area contributed by atoms with Gasteiger partial charge in [0, 0.05) is 11.1 Å². The van der Waals surface area contributed by atoms with Crippen molar-refractivity contribution in [3.63, 3.8) is 0 Å². The zero-order chi connectivity index (χ0) is 17.1. The molecule has 0 aliphatic carbocycles. The number of nitrogens with two attached hydrogens (primary N) is 2. The second-order valence-electron chi connectivity index (χ2n) is 4.98. The summed E-state index contributed by atoms with van der Waals surface area (Å²) in [5.74, 6) is 7.56. The molecule has 0 fully saturated rings. The fourth-order valence-corrected chi connectivity index (χ4v) is 2.02. The zero-order valence-corrected chi connectivity index (χ0v) is 13.8. The van der Waals surface area contributed by atoms with Crippen molar-refractivity contribution < 1.29 is 8.83 Å². The van der Waals surface area contributed by atoms with Gasteiger partial charge in [0.05, 0.1) is 0 Å². The molecule has 0 radical (unpaired) electrons. The highest BCUT2D eigenvalue weighted by Gasteiger charge is 2.10. The zero-order valence-electron chi connectivity index (χ0n) is 13.0. The number of hydrogen-bond acceptors (Lipinski definition) is 4. The van der Waals surface area contributed by atoms with E-state index in [0.29, 0.717) is 28.6 Å². The van der Waals surface area contributed by atoms with Gasteiger partial charge in [0.2, 0.25) is 0 Å². The quantitative estimate of drug-likeness (QED) is 0.327. The second kappa shape index (κ2) is 7.43. The minimum Gasteiger partial charge on any atom is -0.450 e. The first-order chi connectivity index (χ1) is 11.5. The fourth-order valence-electron chi connectivity index (χ4n) is 2.02. The van der Waals surface area contributed by atoms with E-state index < -0.39 is 0 Å². The molecule has 6 N–H and O–H groups in total. The average Bonchev–Trinajstić information content (AvgIpc) is 3.22. The van der Waals surface area contributed by atoms with E-state index in [9.17, 15) is 0 Å². The molecule has 0 saturated heterocycles. The topological polar surface area (TPSA) is 126 Å². The summed E-state index contributed by atoms with van der Waals surface area (Å²) in [6.07, 6.45) is 0. The van der Waals surface area contributed by atoms with Gasteiger partial charge in [-0.1, -0.05) is 18.1 Å². The van der Waals surface area contributed by atoms with Crippen LogP contribution in [0.5, 0.6) is 0 Å². The highest BCUT2D eigenvalue weighted by molar-refractivity contribution is 5.95. The van der Waals surface area contributed by atoms with Gasteiger partial charge >= 0.3 is 0 Å². The Morgan fingerprint density at radius 2 is 1.40 bits per heavy atom. The summed E-state index contributed by atoms with van der Waals surface area (Å²) in [6.45, 7) is 0. The molecule has 3 rings (SSSR count). The van der Waals surface area contributed by atoms with Crippen molar-refractivity contribution in [3.05, 3.63) is 71.2 Å². The van der Waals surface area contributed by atoms with Crippen LogP contribution in [0.15, 0.2) is 57.4 Å². The number of benzene rings is 1. The first kappa shape index (κ1) is 17.9. The summed E-state index contributed by atoms with van der Waals surface area (Å²) in [4.78, 5) is 0. The molecule has 0 unspecified atom stereocenters. The SMILES string of the molecule is Cl.N=C(N)c1ccc(C#Cc2ccc(-c3ccc(C(=N)N)o3)o2)cc1. The van der Waals surface area contributed by atoms with Gasteiger partial charge in [-0.2, -0.15) is 0 Å². The molecule has 6 nitrogen and oxygen atoms in total. The molecule has 0 amide bonds. The van der Waals surface area contributed by atoms with Gasteiger partial charge < -0.3 is 20.3 Å². The summed E-state index contributed by atoms with van der Waals surface area (Å²) in [5.41, 5.74) is 12.2. The van der Waals surface area contributed by atoms with E-state index in [1.165, 1.54) is 0 Å². The maximum Gasteiger partial charge on any atom is 0.178 e. The molecule has 0 atom stereocenters. The van der Waals surface area contributed by atoms with Gasteiger partial charge in [-0.15, -0.1) is 12.4 Å². The van der Waals surface area contributed by atoms with Crippen LogP contribution in [-0.4, -0.2) is 11.7 Å². The lowest BCUT2D eigenvalue weighted by Crippen LogP contribution is -2.10. The lowest BCUT2D eigenvalue weighted by molar-refractivity contribution is 0.514. The molecule has 2 heterocycles. The van der Waals surface area contributed by atoms with Gasteiger partial charge in [0.15, 0.2) is 28.9 Å². The molecular weight excluding hydrogens is 340 g/mol. The van der Waals surface area contributed by atoms with Crippen LogP contribution in [0.4, 0.5) is 0 Å². The van der Waals surface area contributed by atoms with Crippen LogP contribution in [0.3, 0.4) is 0 Å². The van der Waals surface area contributed by atoms with Crippen LogP contribution in [-0.2, 0) is 0 Å².